The van der Waals surface area contributed by atoms with Gasteiger partial charge in [0.25, 0.3) is 0 Å². The quantitative estimate of drug-likeness (QED) is 0.742. The molecule has 0 saturated heterocycles. The van der Waals surface area contributed by atoms with Crippen LogP contribution in [0.4, 0.5) is 9.59 Å². The van der Waals surface area contributed by atoms with Crippen molar-refractivity contribution in [2.24, 2.45) is 17.4 Å². The molecule has 0 radical (unpaired) electrons. The molecule has 0 aliphatic heterocycles. The van der Waals surface area contributed by atoms with E-state index < -0.39 is 17.2 Å². The summed E-state index contributed by atoms with van der Waals surface area (Å²) in [6.07, 6.45) is 5.16. The highest BCUT2D eigenvalue weighted by Gasteiger charge is 2.37. The minimum Gasteiger partial charge on any atom is -0.450 e. The molecule has 1 aliphatic rings. The van der Waals surface area contributed by atoms with Gasteiger partial charge in [-0.2, -0.15) is 0 Å². The molecular formula is C10H13ClN2O4. The lowest BCUT2D eigenvalue weighted by molar-refractivity contribution is 0.0694. The maximum atomic E-state index is 10.8. The van der Waals surface area contributed by atoms with Crippen molar-refractivity contribution in [2.45, 2.75) is 11.5 Å². The monoisotopic (exact) mass is 260 g/mol. The number of amides is 2. The van der Waals surface area contributed by atoms with Gasteiger partial charge in [-0.3, -0.25) is 0 Å². The predicted octanol–water partition coefficient (Wildman–Crippen LogP) is 1.24. The number of hydrogen-bond acceptors (Lipinski definition) is 4. The summed E-state index contributed by atoms with van der Waals surface area (Å²) in [6.45, 7) is 0.0781. The molecule has 7 heteroatoms. The highest BCUT2D eigenvalue weighted by Crippen LogP contribution is 2.34. The number of nitrogens with two attached hydrogens (primary N) is 2. The summed E-state index contributed by atoms with van der Waals surface area (Å²) in [5.41, 5.74) is 9.76. The zero-order valence-corrected chi connectivity index (χ0v) is 9.72. The molecular weight excluding hydrogens is 248 g/mol. The van der Waals surface area contributed by atoms with Crippen molar-refractivity contribution in [3.05, 3.63) is 24.3 Å². The molecule has 0 bridgehead atoms. The van der Waals surface area contributed by atoms with Crippen LogP contribution in [0.2, 0.25) is 0 Å². The van der Waals surface area contributed by atoms with Gasteiger partial charge in [0.1, 0.15) is 0 Å². The standard InChI is InChI=1S/C10H13ClN2O4/c11-10(17-9(13)15)5-2-1-3-7(10)4-6-16-8(12)14/h1-3,5,7H,4,6H2,(H2,12,14)(H2,13,15)/t7-,10?/m0/s1. The van der Waals surface area contributed by atoms with Gasteiger partial charge in [-0.1, -0.05) is 29.8 Å². The number of ether oxygens (including phenoxy) is 2. The number of carbonyl (C=O) groups is 2. The molecule has 17 heavy (non-hydrogen) atoms. The molecule has 0 aromatic carbocycles. The first-order valence-electron chi connectivity index (χ1n) is 4.89. The van der Waals surface area contributed by atoms with Crippen LogP contribution in [0.1, 0.15) is 6.42 Å². The summed E-state index contributed by atoms with van der Waals surface area (Å²) < 4.78 is 9.44. The molecule has 4 N–H and O–H groups in total. The highest BCUT2D eigenvalue weighted by molar-refractivity contribution is 6.25. The summed E-state index contributed by atoms with van der Waals surface area (Å²) in [5, 5.41) is -1.35. The van der Waals surface area contributed by atoms with E-state index >= 15 is 0 Å². The normalized spacial score (nSPS) is 26.5. The molecule has 2 amide bonds. The first-order chi connectivity index (χ1) is 7.94. The fourth-order valence-electron chi connectivity index (χ4n) is 1.48. The number of hydrogen-bond donors (Lipinski definition) is 2. The molecule has 1 rings (SSSR count). The predicted molar refractivity (Wildman–Crippen MR) is 61.2 cm³/mol. The molecule has 94 valence electrons. The van der Waals surface area contributed by atoms with Crippen LogP contribution in [0.15, 0.2) is 24.3 Å². The van der Waals surface area contributed by atoms with Crippen LogP contribution < -0.4 is 11.5 Å². The number of halogens is 1. The Kier molecular flexibility index (Phi) is 4.39. The van der Waals surface area contributed by atoms with Crippen LogP contribution in [-0.4, -0.2) is 23.9 Å². The molecule has 1 unspecified atom stereocenters. The van der Waals surface area contributed by atoms with E-state index in [1.807, 2.05) is 0 Å². The third-order valence-corrected chi connectivity index (χ3v) is 2.70. The van der Waals surface area contributed by atoms with Crippen molar-refractivity contribution in [1.29, 1.82) is 0 Å². The molecule has 1 aliphatic carbocycles. The Labute approximate surface area is 103 Å². The van der Waals surface area contributed by atoms with Crippen molar-refractivity contribution >= 4 is 23.8 Å². The Balaban J connectivity index is 2.61. The van der Waals surface area contributed by atoms with E-state index in [4.69, 9.17) is 27.8 Å². The first-order valence-corrected chi connectivity index (χ1v) is 5.27. The fraction of sp³-hybridized carbons (Fsp3) is 0.400. The van der Waals surface area contributed by atoms with Gasteiger partial charge in [0.15, 0.2) is 0 Å². The smallest absolute Gasteiger partial charge is 0.406 e. The van der Waals surface area contributed by atoms with Crippen molar-refractivity contribution in [1.82, 2.24) is 0 Å². The van der Waals surface area contributed by atoms with E-state index in [9.17, 15) is 9.59 Å². The molecule has 0 heterocycles. The molecule has 0 saturated carbocycles. The van der Waals surface area contributed by atoms with E-state index in [-0.39, 0.29) is 12.5 Å². The number of carbonyl (C=O) groups excluding carboxylic acids is 2. The second kappa shape index (κ2) is 5.58. The lowest BCUT2D eigenvalue weighted by Crippen LogP contribution is -2.38. The van der Waals surface area contributed by atoms with Crippen LogP contribution >= 0.6 is 11.6 Å². The van der Waals surface area contributed by atoms with Gasteiger partial charge in [0.05, 0.1) is 6.61 Å². The minimum atomic E-state index is -1.35. The summed E-state index contributed by atoms with van der Waals surface area (Å²) >= 11 is 6.12. The Hall–Kier alpha value is -1.69. The Morgan fingerprint density at radius 2 is 2.00 bits per heavy atom. The van der Waals surface area contributed by atoms with E-state index in [0.29, 0.717) is 6.42 Å². The molecule has 2 atom stereocenters. The van der Waals surface area contributed by atoms with Gasteiger partial charge in [-0.15, -0.1) is 0 Å². The van der Waals surface area contributed by atoms with Gasteiger partial charge in [-0.25, -0.2) is 9.59 Å². The fourth-order valence-corrected chi connectivity index (χ4v) is 1.81. The van der Waals surface area contributed by atoms with Crippen molar-refractivity contribution in [3.8, 4) is 0 Å². The van der Waals surface area contributed by atoms with Gasteiger partial charge in [0.2, 0.25) is 5.06 Å². The summed E-state index contributed by atoms with van der Waals surface area (Å²) in [5.74, 6) is -0.346. The Bertz CT molecular complexity index is 369. The van der Waals surface area contributed by atoms with E-state index in [1.54, 1.807) is 18.2 Å². The maximum absolute atomic E-state index is 10.8. The minimum absolute atomic E-state index is 0.0781. The third kappa shape index (κ3) is 3.99. The third-order valence-electron chi connectivity index (χ3n) is 2.21. The summed E-state index contributed by atoms with van der Waals surface area (Å²) in [4.78, 5) is 21.2. The SMILES string of the molecule is NC(=O)OCC[C@@H]1C=CC=CC1(Cl)OC(N)=O. The van der Waals surface area contributed by atoms with Crippen LogP contribution in [-0.2, 0) is 9.47 Å². The molecule has 6 nitrogen and oxygen atoms in total. The molecule has 0 aromatic heterocycles. The average molecular weight is 261 g/mol. The lowest BCUT2D eigenvalue weighted by atomic mass is 9.94. The molecule has 0 aromatic rings. The average Bonchev–Trinajstić information content (AvgIpc) is 2.19. The first kappa shape index (κ1) is 13.4. The van der Waals surface area contributed by atoms with Crippen LogP contribution in [0.5, 0.6) is 0 Å². The molecule has 0 fully saturated rings. The number of alkyl halides is 1. The van der Waals surface area contributed by atoms with Crippen LogP contribution in [0.25, 0.3) is 0 Å². The van der Waals surface area contributed by atoms with Gasteiger partial charge in [-0.05, 0) is 12.5 Å². The van der Waals surface area contributed by atoms with Gasteiger partial charge >= 0.3 is 12.2 Å². The topological polar surface area (TPSA) is 105 Å². The van der Waals surface area contributed by atoms with Gasteiger partial charge in [0, 0.05) is 5.92 Å². The molecule has 0 spiro atoms. The maximum Gasteiger partial charge on any atom is 0.406 e. The summed E-state index contributed by atoms with van der Waals surface area (Å²) in [6, 6.07) is 0. The van der Waals surface area contributed by atoms with E-state index in [1.165, 1.54) is 6.08 Å². The summed E-state index contributed by atoms with van der Waals surface area (Å²) in [7, 11) is 0. The highest BCUT2D eigenvalue weighted by atomic mass is 35.5. The second-order valence-electron chi connectivity index (χ2n) is 3.43. The number of primary amides is 2. The van der Waals surface area contributed by atoms with E-state index in [2.05, 4.69) is 4.74 Å². The van der Waals surface area contributed by atoms with Gasteiger partial charge < -0.3 is 20.9 Å². The Morgan fingerprint density at radius 1 is 1.29 bits per heavy atom. The van der Waals surface area contributed by atoms with Crippen LogP contribution in [0.3, 0.4) is 0 Å². The van der Waals surface area contributed by atoms with Crippen molar-refractivity contribution < 1.29 is 19.1 Å². The van der Waals surface area contributed by atoms with E-state index in [0.717, 1.165) is 0 Å². The Morgan fingerprint density at radius 3 is 2.59 bits per heavy atom. The number of rotatable bonds is 4. The van der Waals surface area contributed by atoms with Crippen molar-refractivity contribution in [3.63, 3.8) is 0 Å². The largest absolute Gasteiger partial charge is 0.450 e. The van der Waals surface area contributed by atoms with Crippen LogP contribution in [0, 0.1) is 5.92 Å². The zero-order valence-electron chi connectivity index (χ0n) is 8.97. The lowest BCUT2D eigenvalue weighted by Gasteiger charge is -2.31. The van der Waals surface area contributed by atoms with Crippen molar-refractivity contribution in [2.75, 3.05) is 6.61 Å². The number of allylic oxidation sites excluding steroid dienone is 2. The second-order valence-corrected chi connectivity index (χ2v) is 4.02. The zero-order chi connectivity index (χ0) is 12.9.